The van der Waals surface area contributed by atoms with E-state index in [1.54, 1.807) is 42.1 Å². The number of rotatable bonds is 6. The number of benzene rings is 1. The van der Waals surface area contributed by atoms with Gasteiger partial charge in [0.05, 0.1) is 31.2 Å². The lowest BCUT2D eigenvalue weighted by atomic mass is 10.1. The molecule has 0 aliphatic heterocycles. The summed E-state index contributed by atoms with van der Waals surface area (Å²) in [4.78, 5) is 17.4. The summed E-state index contributed by atoms with van der Waals surface area (Å²) in [5.41, 5.74) is 0.932. The molecule has 0 saturated heterocycles. The van der Waals surface area contributed by atoms with Crippen molar-refractivity contribution >= 4 is 11.6 Å². The molecule has 1 amide bonds. The van der Waals surface area contributed by atoms with E-state index >= 15 is 0 Å². The first-order chi connectivity index (χ1) is 16.1. The second-order valence-corrected chi connectivity index (χ2v) is 7.74. The molecule has 0 saturated carbocycles. The second kappa shape index (κ2) is 8.81. The van der Waals surface area contributed by atoms with Crippen molar-refractivity contribution in [3.8, 4) is 17.0 Å². The van der Waals surface area contributed by atoms with Crippen LogP contribution in [-0.2, 0) is 12.7 Å². The van der Waals surface area contributed by atoms with Gasteiger partial charge in [0.2, 0.25) is 0 Å². The van der Waals surface area contributed by atoms with Gasteiger partial charge in [-0.15, -0.1) is 0 Å². The summed E-state index contributed by atoms with van der Waals surface area (Å²) in [5, 5.41) is 10.9. The number of nitrogens with zero attached hydrogens (tertiary/aromatic N) is 5. The number of carbonyl (C=O) groups excluding carboxylic acids is 1. The number of nitrogens with one attached hydrogen (secondary N) is 1. The van der Waals surface area contributed by atoms with Crippen LogP contribution >= 0.6 is 0 Å². The number of methoxy groups -OCH3 is 1. The summed E-state index contributed by atoms with van der Waals surface area (Å²) in [7, 11) is 1.49. The minimum atomic E-state index is -4.71. The van der Waals surface area contributed by atoms with Crippen LogP contribution in [0.5, 0.6) is 5.75 Å². The molecule has 1 atom stereocenters. The van der Waals surface area contributed by atoms with Gasteiger partial charge < -0.3 is 10.1 Å². The largest absolute Gasteiger partial charge is 0.497 e. The van der Waals surface area contributed by atoms with Gasteiger partial charge in [-0.05, 0) is 51.1 Å². The van der Waals surface area contributed by atoms with Crippen LogP contribution in [-0.4, -0.2) is 37.4 Å². The fourth-order valence-corrected chi connectivity index (χ4v) is 3.79. The highest BCUT2D eigenvalue weighted by Gasteiger charge is 2.36. The van der Waals surface area contributed by atoms with Gasteiger partial charge in [0.25, 0.3) is 5.91 Å². The Morgan fingerprint density at radius 2 is 1.88 bits per heavy atom. The predicted octanol–water partition coefficient (Wildman–Crippen LogP) is 4.44. The number of aromatic nitrogens is 5. The van der Waals surface area contributed by atoms with Crippen LogP contribution in [0.3, 0.4) is 0 Å². The molecule has 11 heteroatoms. The van der Waals surface area contributed by atoms with Gasteiger partial charge >= 0.3 is 6.18 Å². The van der Waals surface area contributed by atoms with E-state index in [-0.39, 0.29) is 16.9 Å². The molecule has 0 aliphatic carbocycles. The highest BCUT2D eigenvalue weighted by molar-refractivity contribution is 6.00. The van der Waals surface area contributed by atoms with E-state index in [9.17, 15) is 18.0 Å². The molecule has 34 heavy (non-hydrogen) atoms. The molecule has 8 nitrogen and oxygen atoms in total. The third kappa shape index (κ3) is 4.20. The van der Waals surface area contributed by atoms with E-state index in [4.69, 9.17) is 4.74 Å². The molecule has 3 aromatic heterocycles. The fraction of sp³-hybridized carbons (Fsp3) is 0.304. The minimum absolute atomic E-state index is 0.0603. The van der Waals surface area contributed by atoms with Crippen LogP contribution in [0, 0.1) is 6.92 Å². The summed E-state index contributed by atoms with van der Waals surface area (Å²) >= 11 is 0. The Balaban J connectivity index is 1.75. The number of ether oxygens (including phenoxy) is 1. The van der Waals surface area contributed by atoms with Gasteiger partial charge in [0, 0.05) is 23.4 Å². The predicted molar refractivity (Wildman–Crippen MR) is 118 cm³/mol. The van der Waals surface area contributed by atoms with E-state index in [0.717, 1.165) is 23.5 Å². The molecule has 3 heterocycles. The van der Waals surface area contributed by atoms with Crippen molar-refractivity contribution < 1.29 is 22.7 Å². The Hall–Kier alpha value is -3.89. The van der Waals surface area contributed by atoms with Crippen molar-refractivity contribution in [2.75, 3.05) is 7.11 Å². The van der Waals surface area contributed by atoms with Crippen molar-refractivity contribution in [1.82, 2.24) is 29.7 Å². The van der Waals surface area contributed by atoms with Crippen LogP contribution in [0.15, 0.2) is 42.7 Å². The molecule has 0 fully saturated rings. The summed E-state index contributed by atoms with van der Waals surface area (Å²) in [6.45, 7) is 6.31. The summed E-state index contributed by atoms with van der Waals surface area (Å²) < 4.78 is 49.1. The zero-order chi connectivity index (χ0) is 24.6. The SMILES string of the molecule is CCn1ncc(C(C)NC(=O)c2cnn3c(C(F)(F)F)cc(-c4ccc(OC)cc4)nc23)c1C. The summed E-state index contributed by atoms with van der Waals surface area (Å²) in [5.74, 6) is -0.0281. The summed E-state index contributed by atoms with van der Waals surface area (Å²) in [6, 6.07) is 6.94. The van der Waals surface area contributed by atoms with Gasteiger partial charge in [-0.2, -0.15) is 23.4 Å². The first kappa shape index (κ1) is 23.3. The van der Waals surface area contributed by atoms with Gasteiger partial charge in [0.1, 0.15) is 11.3 Å². The Morgan fingerprint density at radius 1 is 1.18 bits per heavy atom. The highest BCUT2D eigenvalue weighted by atomic mass is 19.4. The van der Waals surface area contributed by atoms with Crippen molar-refractivity contribution in [2.24, 2.45) is 0 Å². The molecule has 4 aromatic rings. The Morgan fingerprint density at radius 3 is 2.47 bits per heavy atom. The monoisotopic (exact) mass is 472 g/mol. The van der Waals surface area contributed by atoms with Crippen LogP contribution in [0.1, 0.15) is 47.2 Å². The van der Waals surface area contributed by atoms with E-state index in [1.807, 2.05) is 13.8 Å². The number of hydrogen-bond donors (Lipinski definition) is 1. The van der Waals surface area contributed by atoms with E-state index < -0.39 is 23.8 Å². The standard InChI is InChI=1S/C23H23F3N6O2/c1-5-31-14(3)17(11-27-31)13(2)29-22(33)18-12-28-32-20(23(24,25)26)10-19(30-21(18)32)15-6-8-16(34-4)9-7-15/h6-13H,5H2,1-4H3,(H,29,33). The van der Waals surface area contributed by atoms with E-state index in [2.05, 4.69) is 20.5 Å². The molecule has 178 valence electrons. The Bertz CT molecular complexity index is 1340. The minimum Gasteiger partial charge on any atom is -0.497 e. The lowest BCUT2D eigenvalue weighted by molar-refractivity contribution is -0.142. The molecule has 1 N–H and O–H groups in total. The maximum absolute atomic E-state index is 13.8. The molecular formula is C23H23F3N6O2. The number of hydrogen-bond acceptors (Lipinski definition) is 5. The zero-order valence-corrected chi connectivity index (χ0v) is 19.0. The number of amides is 1. The normalized spacial score (nSPS) is 12.7. The maximum Gasteiger partial charge on any atom is 0.433 e. The van der Waals surface area contributed by atoms with Gasteiger partial charge in [0.15, 0.2) is 11.3 Å². The van der Waals surface area contributed by atoms with Gasteiger partial charge in [-0.3, -0.25) is 9.48 Å². The lowest BCUT2D eigenvalue weighted by Crippen LogP contribution is -2.27. The first-order valence-corrected chi connectivity index (χ1v) is 10.6. The fourth-order valence-electron chi connectivity index (χ4n) is 3.79. The van der Waals surface area contributed by atoms with E-state index in [1.165, 1.54) is 7.11 Å². The first-order valence-electron chi connectivity index (χ1n) is 10.6. The molecule has 0 bridgehead atoms. The zero-order valence-electron chi connectivity index (χ0n) is 19.0. The third-order valence-corrected chi connectivity index (χ3v) is 5.65. The number of halogens is 3. The lowest BCUT2D eigenvalue weighted by Gasteiger charge is -2.14. The van der Waals surface area contributed by atoms with Crippen LogP contribution in [0.25, 0.3) is 16.9 Å². The van der Waals surface area contributed by atoms with Crippen molar-refractivity contribution in [3.63, 3.8) is 0 Å². The average molecular weight is 472 g/mol. The number of fused-ring (bicyclic) bond motifs is 1. The number of carbonyl (C=O) groups is 1. The molecule has 0 spiro atoms. The molecule has 1 aromatic carbocycles. The van der Waals surface area contributed by atoms with Crippen LogP contribution < -0.4 is 10.1 Å². The van der Waals surface area contributed by atoms with Crippen molar-refractivity contribution in [2.45, 2.75) is 39.5 Å². The van der Waals surface area contributed by atoms with Crippen molar-refractivity contribution in [3.05, 3.63) is 65.2 Å². The molecule has 4 rings (SSSR count). The third-order valence-electron chi connectivity index (χ3n) is 5.65. The van der Waals surface area contributed by atoms with Gasteiger partial charge in [-0.1, -0.05) is 0 Å². The van der Waals surface area contributed by atoms with E-state index in [0.29, 0.717) is 22.4 Å². The maximum atomic E-state index is 13.8. The van der Waals surface area contributed by atoms with Crippen LogP contribution in [0.4, 0.5) is 13.2 Å². The molecule has 0 aliphatic rings. The summed E-state index contributed by atoms with van der Waals surface area (Å²) in [6.07, 6.45) is -1.94. The van der Waals surface area contributed by atoms with Crippen LogP contribution in [0.2, 0.25) is 0 Å². The molecular weight excluding hydrogens is 449 g/mol. The second-order valence-electron chi connectivity index (χ2n) is 7.74. The van der Waals surface area contributed by atoms with Gasteiger partial charge in [-0.25, -0.2) is 9.50 Å². The highest BCUT2D eigenvalue weighted by Crippen LogP contribution is 2.33. The smallest absolute Gasteiger partial charge is 0.433 e. The Kier molecular flexibility index (Phi) is 6.03. The number of alkyl halides is 3. The quantitative estimate of drug-likeness (QED) is 0.448. The average Bonchev–Trinajstić information content (AvgIpc) is 3.41. The number of aryl methyl sites for hydroxylation is 1. The molecule has 0 radical (unpaired) electrons. The molecule has 1 unspecified atom stereocenters. The topological polar surface area (TPSA) is 86.3 Å². The Labute approximate surface area is 193 Å². The van der Waals surface area contributed by atoms with Crippen molar-refractivity contribution in [1.29, 1.82) is 0 Å².